The molecule has 16 heteroatoms. The number of carbonyl (C=O) groups excluding carboxylic acids is 3. The van der Waals surface area contributed by atoms with Crippen molar-refractivity contribution in [3.63, 3.8) is 0 Å². The molecule has 2 aliphatic heterocycles. The van der Waals surface area contributed by atoms with E-state index in [1.807, 2.05) is 39.8 Å². The van der Waals surface area contributed by atoms with E-state index in [4.69, 9.17) is 19.4 Å². The number of hydrogen-bond donors (Lipinski definition) is 4. The fraction of sp³-hybridized carbons (Fsp3) is 0.611. The third kappa shape index (κ3) is 7.81. The average Bonchev–Trinajstić information content (AvgIpc) is 4.01. The van der Waals surface area contributed by atoms with Gasteiger partial charge in [-0.25, -0.2) is 23.2 Å². The van der Waals surface area contributed by atoms with Crippen LogP contribution in [0.3, 0.4) is 0 Å². The number of fused-ring (bicyclic) bond motifs is 3. The zero-order valence-corrected chi connectivity index (χ0v) is 30.9. The van der Waals surface area contributed by atoms with E-state index in [1.54, 1.807) is 25.3 Å². The third-order valence-electron chi connectivity index (χ3n) is 10.6. The minimum atomic E-state index is -3.91. The lowest BCUT2D eigenvalue weighted by molar-refractivity contribution is -0.142. The molecule has 4 aliphatic rings. The molecule has 52 heavy (non-hydrogen) atoms. The summed E-state index contributed by atoms with van der Waals surface area (Å²) < 4.78 is 39.7. The lowest BCUT2D eigenvalue weighted by Crippen LogP contribution is -2.59. The maximum atomic E-state index is 14.4. The second-order valence-corrected chi connectivity index (χ2v) is 17.1. The summed E-state index contributed by atoms with van der Waals surface area (Å²) >= 11 is 0. The molecule has 1 aromatic carbocycles. The zero-order chi connectivity index (χ0) is 37.5. The van der Waals surface area contributed by atoms with Gasteiger partial charge in [-0.3, -0.25) is 19.1 Å². The van der Waals surface area contributed by atoms with Crippen molar-refractivity contribution >= 4 is 44.9 Å². The Morgan fingerprint density at radius 2 is 1.85 bits per heavy atom. The van der Waals surface area contributed by atoms with Crippen LogP contribution in [0.25, 0.3) is 11.0 Å². The highest BCUT2D eigenvalue weighted by Gasteiger charge is 2.62. The number of amides is 4. The van der Waals surface area contributed by atoms with E-state index < -0.39 is 74.7 Å². The van der Waals surface area contributed by atoms with Crippen molar-refractivity contribution in [3.8, 4) is 11.6 Å². The molecule has 4 amide bonds. The van der Waals surface area contributed by atoms with Gasteiger partial charge in [-0.15, -0.1) is 0 Å². The van der Waals surface area contributed by atoms with Crippen LogP contribution in [-0.2, 0) is 24.4 Å². The second-order valence-electron chi connectivity index (χ2n) is 15.1. The molecule has 0 unspecified atom stereocenters. The predicted octanol–water partition coefficient (Wildman–Crippen LogP) is 3.24. The highest BCUT2D eigenvalue weighted by Crippen LogP contribution is 2.46. The molecule has 15 nitrogen and oxygen atoms in total. The lowest BCUT2D eigenvalue weighted by Gasteiger charge is -2.32. The van der Waals surface area contributed by atoms with Crippen LogP contribution in [0, 0.1) is 17.8 Å². The smallest absolute Gasteiger partial charge is 0.405 e. The van der Waals surface area contributed by atoms with Gasteiger partial charge in [-0.05, 0) is 62.5 Å². The molecule has 0 spiro atoms. The van der Waals surface area contributed by atoms with E-state index in [0.29, 0.717) is 48.2 Å². The summed E-state index contributed by atoms with van der Waals surface area (Å²) in [7, 11) is -2.36. The molecule has 1 saturated heterocycles. The van der Waals surface area contributed by atoms with Gasteiger partial charge in [-0.2, -0.15) is 0 Å². The largest absolute Gasteiger partial charge is 0.497 e. The number of ether oxygens (including phenoxy) is 2. The Labute approximate surface area is 303 Å². The number of carbonyl (C=O) groups is 4. The van der Waals surface area contributed by atoms with Gasteiger partial charge in [-0.1, -0.05) is 39.8 Å². The van der Waals surface area contributed by atoms with Crippen LogP contribution in [0.1, 0.15) is 84.3 Å². The SMILES string of the molecule is COc1ccc2nc(C(C)C)c(O[C@@H]3C[C@H]4C(=O)N[C@]5(C(=O)NS(=O)(=O)C6CC6)C[C@H]5/C=C\CC[C@@H](C)C[C@@H](C)[C@H](NC(=O)O)C(=O)N4C3)nc2c1. The number of aromatic nitrogens is 2. The van der Waals surface area contributed by atoms with Gasteiger partial charge >= 0.3 is 6.09 Å². The monoisotopic (exact) mass is 740 g/mol. The molecule has 2 saturated carbocycles. The molecule has 3 fully saturated rings. The first kappa shape index (κ1) is 37.3. The molecule has 7 atom stereocenters. The molecular formula is C36H48N6O9S. The topological polar surface area (TPSA) is 206 Å². The molecule has 1 aromatic heterocycles. The van der Waals surface area contributed by atoms with E-state index in [-0.39, 0.29) is 37.1 Å². The van der Waals surface area contributed by atoms with Gasteiger partial charge in [0.15, 0.2) is 0 Å². The third-order valence-corrected chi connectivity index (χ3v) is 12.4. The molecule has 6 rings (SSSR count). The lowest BCUT2D eigenvalue weighted by atomic mass is 9.88. The van der Waals surface area contributed by atoms with E-state index >= 15 is 0 Å². The fourth-order valence-electron chi connectivity index (χ4n) is 7.41. The Balaban J connectivity index is 1.35. The Morgan fingerprint density at radius 3 is 2.52 bits per heavy atom. The average molecular weight is 741 g/mol. The molecule has 3 heterocycles. The van der Waals surface area contributed by atoms with Crippen LogP contribution in [-0.4, -0.2) is 94.8 Å². The van der Waals surface area contributed by atoms with Gasteiger partial charge < -0.3 is 30.1 Å². The Hall–Kier alpha value is -4.47. The zero-order valence-electron chi connectivity index (χ0n) is 30.1. The fourth-order valence-corrected chi connectivity index (χ4v) is 8.77. The summed E-state index contributed by atoms with van der Waals surface area (Å²) in [6.45, 7) is 7.65. The summed E-state index contributed by atoms with van der Waals surface area (Å²) in [5.74, 6) is -2.11. The maximum absolute atomic E-state index is 14.4. The first-order valence-corrected chi connectivity index (χ1v) is 19.5. The Bertz CT molecular complexity index is 1880. The second kappa shape index (κ2) is 14.5. The number of nitrogens with one attached hydrogen (secondary N) is 3. The van der Waals surface area contributed by atoms with Gasteiger partial charge in [0.2, 0.25) is 27.7 Å². The minimum Gasteiger partial charge on any atom is -0.497 e. The maximum Gasteiger partial charge on any atom is 0.405 e. The van der Waals surface area contributed by atoms with Crippen molar-refractivity contribution in [3.05, 3.63) is 36.0 Å². The first-order valence-electron chi connectivity index (χ1n) is 18.0. The van der Waals surface area contributed by atoms with E-state index in [0.717, 1.165) is 6.42 Å². The van der Waals surface area contributed by atoms with E-state index in [2.05, 4.69) is 15.4 Å². The molecule has 2 aromatic rings. The number of sulfonamides is 1. The number of nitrogens with zero attached hydrogens (tertiary/aromatic N) is 3. The first-order chi connectivity index (χ1) is 24.6. The number of methoxy groups -OCH3 is 1. The normalized spacial score (nSPS) is 30.3. The quantitative estimate of drug-likeness (QED) is 0.289. The Kier molecular flexibility index (Phi) is 10.4. The summed E-state index contributed by atoms with van der Waals surface area (Å²) in [4.78, 5) is 65.3. The number of carboxylic acid groups (broad SMARTS) is 1. The molecule has 0 bridgehead atoms. The summed E-state index contributed by atoms with van der Waals surface area (Å²) in [6, 6.07) is 2.98. The van der Waals surface area contributed by atoms with Crippen LogP contribution in [0.4, 0.5) is 4.79 Å². The molecule has 4 N–H and O–H groups in total. The van der Waals surface area contributed by atoms with Gasteiger partial charge in [0.25, 0.3) is 5.91 Å². The summed E-state index contributed by atoms with van der Waals surface area (Å²) in [6.07, 6.45) is 4.67. The number of allylic oxidation sites excluding steroid dienone is 1. The van der Waals surface area contributed by atoms with Crippen LogP contribution in [0.15, 0.2) is 30.4 Å². The van der Waals surface area contributed by atoms with Crippen molar-refractivity contribution in [2.75, 3.05) is 13.7 Å². The van der Waals surface area contributed by atoms with Gasteiger partial charge in [0.05, 0.1) is 29.9 Å². The van der Waals surface area contributed by atoms with Gasteiger partial charge in [0, 0.05) is 24.3 Å². The van der Waals surface area contributed by atoms with Gasteiger partial charge in [0.1, 0.15) is 35.2 Å². The molecular weight excluding hydrogens is 692 g/mol. The number of rotatable bonds is 8. The minimum absolute atomic E-state index is 0.00388. The van der Waals surface area contributed by atoms with Crippen molar-refractivity contribution in [2.45, 2.75) is 108 Å². The van der Waals surface area contributed by atoms with Crippen molar-refractivity contribution in [2.24, 2.45) is 17.8 Å². The number of hydrogen-bond acceptors (Lipinski definition) is 10. The van der Waals surface area contributed by atoms with Crippen molar-refractivity contribution in [1.82, 2.24) is 30.2 Å². The standard InChI is InChI=1S/C36H48N6O9S/c1-19(2)29-32(38-27-15-23(50-5)10-13-26(27)37-29)51-24-16-28-31(43)40-36(34(45)41-52(48,49)25-11-12-25)17-22(36)9-7-6-8-20(3)14-21(4)30(39-35(46)47)33(44)42(28)18-24/h7,9-10,13,15,19-22,24-25,28,30,39H,6,8,11-12,14,16-18H2,1-5H3,(H,40,43)(H,41,45)(H,46,47)/b9-7-/t20-,21-,22-,24-,28+,30+,36-/m1/s1. The van der Waals surface area contributed by atoms with Crippen molar-refractivity contribution < 1.29 is 42.2 Å². The molecule has 282 valence electrons. The summed E-state index contributed by atoms with van der Waals surface area (Å²) in [5, 5.41) is 14.4. The highest BCUT2D eigenvalue weighted by molar-refractivity contribution is 7.91. The Morgan fingerprint density at radius 1 is 1.10 bits per heavy atom. The van der Waals surface area contributed by atoms with Crippen molar-refractivity contribution in [1.29, 1.82) is 0 Å². The molecule has 2 aliphatic carbocycles. The van der Waals surface area contributed by atoms with E-state index in [9.17, 15) is 32.7 Å². The predicted molar refractivity (Wildman–Crippen MR) is 190 cm³/mol. The number of benzene rings is 1. The summed E-state index contributed by atoms with van der Waals surface area (Å²) in [5.41, 5.74) is 0.202. The van der Waals surface area contributed by atoms with E-state index in [1.165, 1.54) is 4.90 Å². The van der Waals surface area contributed by atoms with Crippen LogP contribution in [0.5, 0.6) is 11.6 Å². The van der Waals surface area contributed by atoms with Crippen LogP contribution >= 0.6 is 0 Å². The van der Waals surface area contributed by atoms with Crippen LogP contribution in [0.2, 0.25) is 0 Å². The molecule has 0 radical (unpaired) electrons. The highest BCUT2D eigenvalue weighted by atomic mass is 32.2. The van der Waals surface area contributed by atoms with Crippen LogP contribution < -0.4 is 24.8 Å².